The zero-order chi connectivity index (χ0) is 16.2. The van der Waals surface area contributed by atoms with Gasteiger partial charge in [0.05, 0.1) is 13.2 Å². The van der Waals surface area contributed by atoms with Gasteiger partial charge in [-0.3, -0.25) is 4.79 Å². The summed E-state index contributed by atoms with van der Waals surface area (Å²) in [6, 6.07) is 16.6. The van der Waals surface area contributed by atoms with E-state index in [1.165, 1.54) is 16.7 Å². The summed E-state index contributed by atoms with van der Waals surface area (Å²) in [4.78, 5) is 14.5. The Morgan fingerprint density at radius 1 is 1.17 bits per heavy atom. The minimum Gasteiger partial charge on any atom is -0.497 e. The molecule has 0 aromatic heterocycles. The fraction of sp³-hybridized carbons (Fsp3) is 0.350. The van der Waals surface area contributed by atoms with Gasteiger partial charge in [0, 0.05) is 13.5 Å². The van der Waals surface area contributed by atoms with Crippen molar-refractivity contribution >= 4 is 5.91 Å². The lowest BCUT2D eigenvalue weighted by molar-refractivity contribution is -0.132. The third kappa shape index (κ3) is 3.39. The largest absolute Gasteiger partial charge is 0.497 e. The molecule has 3 rings (SSSR count). The van der Waals surface area contributed by atoms with E-state index in [0.29, 0.717) is 6.42 Å². The molecule has 0 spiro atoms. The van der Waals surface area contributed by atoms with Crippen LogP contribution in [0.25, 0.3) is 0 Å². The Labute approximate surface area is 137 Å². The molecule has 1 aliphatic rings. The molecular weight excluding hydrogens is 286 g/mol. The van der Waals surface area contributed by atoms with E-state index < -0.39 is 0 Å². The molecule has 0 N–H and O–H groups in total. The molecule has 1 atom stereocenters. The molecule has 0 bridgehead atoms. The Morgan fingerprint density at radius 2 is 1.91 bits per heavy atom. The summed E-state index contributed by atoms with van der Waals surface area (Å²) in [5.74, 6) is 1.06. The SMILES string of the molecule is COc1ccc(CCC(=O)N(C)C2CCc3ccccc32)cc1. The predicted octanol–water partition coefficient (Wildman–Crippen LogP) is 3.77. The van der Waals surface area contributed by atoms with Crippen molar-refractivity contribution in [3.8, 4) is 5.75 Å². The van der Waals surface area contributed by atoms with Gasteiger partial charge in [0.1, 0.15) is 5.75 Å². The van der Waals surface area contributed by atoms with Gasteiger partial charge in [-0.1, -0.05) is 36.4 Å². The molecule has 0 saturated carbocycles. The number of carbonyl (C=O) groups is 1. The van der Waals surface area contributed by atoms with Gasteiger partial charge < -0.3 is 9.64 Å². The summed E-state index contributed by atoms with van der Waals surface area (Å²) >= 11 is 0. The Bertz CT molecular complexity index is 678. The maximum Gasteiger partial charge on any atom is 0.223 e. The molecule has 0 saturated heterocycles. The van der Waals surface area contributed by atoms with Gasteiger partial charge in [-0.05, 0) is 48.1 Å². The van der Waals surface area contributed by atoms with Crippen molar-refractivity contribution in [2.75, 3.05) is 14.2 Å². The molecule has 3 nitrogen and oxygen atoms in total. The van der Waals surface area contributed by atoms with E-state index in [4.69, 9.17) is 4.74 Å². The van der Waals surface area contributed by atoms with Crippen LogP contribution in [0.15, 0.2) is 48.5 Å². The first kappa shape index (κ1) is 15.6. The van der Waals surface area contributed by atoms with Gasteiger partial charge in [-0.25, -0.2) is 0 Å². The van der Waals surface area contributed by atoms with Crippen molar-refractivity contribution in [2.24, 2.45) is 0 Å². The predicted molar refractivity (Wildman–Crippen MR) is 91.6 cm³/mol. The molecule has 1 unspecified atom stereocenters. The highest BCUT2D eigenvalue weighted by molar-refractivity contribution is 5.77. The third-order valence-corrected chi connectivity index (χ3v) is 4.75. The van der Waals surface area contributed by atoms with Gasteiger partial charge in [0.25, 0.3) is 0 Å². The first-order chi connectivity index (χ1) is 11.2. The van der Waals surface area contributed by atoms with Gasteiger partial charge >= 0.3 is 0 Å². The lowest BCUT2D eigenvalue weighted by Crippen LogP contribution is -2.30. The number of benzene rings is 2. The van der Waals surface area contributed by atoms with Crippen LogP contribution in [-0.4, -0.2) is 25.0 Å². The number of amides is 1. The molecule has 0 heterocycles. The van der Waals surface area contributed by atoms with Crippen LogP contribution in [-0.2, 0) is 17.6 Å². The van der Waals surface area contributed by atoms with E-state index in [9.17, 15) is 4.79 Å². The van der Waals surface area contributed by atoms with Crippen LogP contribution >= 0.6 is 0 Å². The van der Waals surface area contributed by atoms with E-state index in [0.717, 1.165) is 25.0 Å². The Kier molecular flexibility index (Phi) is 4.65. The van der Waals surface area contributed by atoms with E-state index in [-0.39, 0.29) is 11.9 Å². The molecule has 0 radical (unpaired) electrons. The van der Waals surface area contributed by atoms with Crippen molar-refractivity contribution in [1.82, 2.24) is 4.90 Å². The molecule has 0 aliphatic heterocycles. The smallest absolute Gasteiger partial charge is 0.223 e. The zero-order valence-corrected chi connectivity index (χ0v) is 13.8. The van der Waals surface area contributed by atoms with Crippen LogP contribution in [0.1, 0.15) is 35.6 Å². The Balaban J connectivity index is 1.60. The van der Waals surface area contributed by atoms with Gasteiger partial charge in [-0.2, -0.15) is 0 Å². The first-order valence-corrected chi connectivity index (χ1v) is 8.15. The minimum absolute atomic E-state index is 0.211. The summed E-state index contributed by atoms with van der Waals surface area (Å²) in [5.41, 5.74) is 3.86. The minimum atomic E-state index is 0.211. The average molecular weight is 309 g/mol. The van der Waals surface area contributed by atoms with Crippen molar-refractivity contribution < 1.29 is 9.53 Å². The molecule has 23 heavy (non-hydrogen) atoms. The number of carbonyl (C=O) groups excluding carboxylic acids is 1. The summed E-state index contributed by atoms with van der Waals surface area (Å²) in [6.07, 6.45) is 3.41. The fourth-order valence-electron chi connectivity index (χ4n) is 3.33. The maximum absolute atomic E-state index is 12.5. The van der Waals surface area contributed by atoms with Crippen LogP contribution in [0.4, 0.5) is 0 Å². The third-order valence-electron chi connectivity index (χ3n) is 4.75. The molecular formula is C20H23NO2. The maximum atomic E-state index is 12.5. The topological polar surface area (TPSA) is 29.5 Å². The summed E-state index contributed by atoms with van der Waals surface area (Å²) in [6.45, 7) is 0. The highest BCUT2D eigenvalue weighted by atomic mass is 16.5. The standard InChI is InChI=1S/C20H23NO2/c1-21(19-13-10-16-5-3-4-6-18(16)19)20(22)14-9-15-7-11-17(23-2)12-8-15/h3-8,11-12,19H,9-10,13-14H2,1-2H3. The fourth-order valence-corrected chi connectivity index (χ4v) is 3.33. The van der Waals surface area contributed by atoms with Crippen molar-refractivity contribution in [2.45, 2.75) is 31.7 Å². The zero-order valence-electron chi connectivity index (χ0n) is 13.8. The van der Waals surface area contributed by atoms with Crippen molar-refractivity contribution in [3.05, 3.63) is 65.2 Å². The van der Waals surface area contributed by atoms with Crippen LogP contribution in [0.3, 0.4) is 0 Å². The van der Waals surface area contributed by atoms with Gasteiger partial charge in [-0.15, -0.1) is 0 Å². The molecule has 1 amide bonds. The molecule has 2 aromatic rings. The summed E-state index contributed by atoms with van der Waals surface area (Å²) in [5, 5.41) is 0. The highest BCUT2D eigenvalue weighted by Gasteiger charge is 2.27. The van der Waals surface area contributed by atoms with E-state index in [2.05, 4.69) is 24.3 Å². The molecule has 120 valence electrons. The second-order valence-electron chi connectivity index (χ2n) is 6.11. The molecule has 2 aromatic carbocycles. The van der Waals surface area contributed by atoms with Crippen LogP contribution in [0, 0.1) is 0 Å². The number of nitrogens with zero attached hydrogens (tertiary/aromatic N) is 1. The van der Waals surface area contributed by atoms with E-state index in [1.807, 2.05) is 36.2 Å². The second kappa shape index (κ2) is 6.86. The van der Waals surface area contributed by atoms with E-state index in [1.54, 1.807) is 7.11 Å². The van der Waals surface area contributed by atoms with Crippen molar-refractivity contribution in [3.63, 3.8) is 0 Å². The lowest BCUT2D eigenvalue weighted by atomic mass is 10.1. The molecule has 3 heteroatoms. The quantitative estimate of drug-likeness (QED) is 0.841. The van der Waals surface area contributed by atoms with Crippen LogP contribution < -0.4 is 4.74 Å². The number of fused-ring (bicyclic) bond motifs is 1. The number of ether oxygens (including phenoxy) is 1. The number of rotatable bonds is 5. The second-order valence-corrected chi connectivity index (χ2v) is 6.11. The molecule has 0 fully saturated rings. The molecule has 1 aliphatic carbocycles. The van der Waals surface area contributed by atoms with Crippen LogP contribution in [0.5, 0.6) is 5.75 Å². The number of aryl methyl sites for hydroxylation is 2. The first-order valence-electron chi connectivity index (χ1n) is 8.15. The lowest BCUT2D eigenvalue weighted by Gasteiger charge is -2.25. The Morgan fingerprint density at radius 3 is 2.65 bits per heavy atom. The summed E-state index contributed by atoms with van der Waals surface area (Å²) < 4.78 is 5.16. The monoisotopic (exact) mass is 309 g/mol. The van der Waals surface area contributed by atoms with E-state index >= 15 is 0 Å². The average Bonchev–Trinajstić information content (AvgIpc) is 3.03. The number of methoxy groups -OCH3 is 1. The summed E-state index contributed by atoms with van der Waals surface area (Å²) in [7, 11) is 3.59. The Hall–Kier alpha value is -2.29. The van der Waals surface area contributed by atoms with Gasteiger partial charge in [0.15, 0.2) is 0 Å². The number of hydrogen-bond acceptors (Lipinski definition) is 2. The normalized spacial score (nSPS) is 16.0. The highest BCUT2D eigenvalue weighted by Crippen LogP contribution is 2.35. The number of hydrogen-bond donors (Lipinski definition) is 0. The van der Waals surface area contributed by atoms with Crippen LogP contribution in [0.2, 0.25) is 0 Å². The van der Waals surface area contributed by atoms with Crippen molar-refractivity contribution in [1.29, 1.82) is 0 Å². The van der Waals surface area contributed by atoms with Gasteiger partial charge in [0.2, 0.25) is 5.91 Å².